The van der Waals surface area contributed by atoms with Crippen molar-refractivity contribution in [3.8, 4) is 18.1 Å². The molecular formula is C29H26F2N2O2. The molecule has 1 aromatic heterocycles. The van der Waals surface area contributed by atoms with Gasteiger partial charge in [-0.15, -0.1) is 6.42 Å². The molecule has 0 aliphatic rings. The van der Waals surface area contributed by atoms with Crippen LogP contribution in [0.3, 0.4) is 0 Å². The van der Waals surface area contributed by atoms with Crippen LogP contribution in [0.1, 0.15) is 46.9 Å². The Bertz CT molecular complexity index is 1400. The van der Waals surface area contributed by atoms with Crippen molar-refractivity contribution < 1.29 is 18.3 Å². The van der Waals surface area contributed by atoms with Crippen molar-refractivity contribution in [1.82, 2.24) is 9.88 Å². The smallest absolute Gasteiger partial charge is 0.254 e. The maximum atomic E-state index is 13.6. The molecule has 1 amide bonds. The highest BCUT2D eigenvalue weighted by molar-refractivity contribution is 6.09. The molecule has 1 N–H and O–H groups in total. The molecular weight excluding hydrogens is 446 g/mol. The SMILES string of the molecule is C#CCOc1ccc2c(C(=O)NCc3ccc(F)c(F)c3)c(C(C)C)n(Cc3ccccc3)c2c1. The molecule has 0 spiro atoms. The standard InChI is InChI=1S/C29H26F2N2O2/c1-4-14-35-22-11-12-23-26(16-22)33(18-20-8-6-5-7-9-20)28(19(2)3)27(23)29(34)32-17-21-10-13-24(30)25(31)15-21/h1,5-13,15-16,19H,14,17-18H2,2-3H3,(H,32,34). The minimum Gasteiger partial charge on any atom is -0.481 e. The molecule has 0 aliphatic heterocycles. The number of benzene rings is 3. The second-order valence-electron chi connectivity index (χ2n) is 8.59. The number of carbonyl (C=O) groups is 1. The lowest BCUT2D eigenvalue weighted by molar-refractivity contribution is 0.0951. The summed E-state index contributed by atoms with van der Waals surface area (Å²) in [6.45, 7) is 4.86. The number of carbonyl (C=O) groups excluding carboxylic acids is 1. The minimum absolute atomic E-state index is 0.0326. The monoisotopic (exact) mass is 472 g/mol. The highest BCUT2D eigenvalue weighted by Crippen LogP contribution is 2.34. The summed E-state index contributed by atoms with van der Waals surface area (Å²) in [6.07, 6.45) is 5.35. The summed E-state index contributed by atoms with van der Waals surface area (Å²) in [6, 6.07) is 19.2. The quantitative estimate of drug-likeness (QED) is 0.318. The third-order valence-corrected chi connectivity index (χ3v) is 5.79. The van der Waals surface area contributed by atoms with Gasteiger partial charge in [-0.05, 0) is 41.3 Å². The maximum absolute atomic E-state index is 13.6. The molecule has 1 heterocycles. The molecule has 6 heteroatoms. The summed E-state index contributed by atoms with van der Waals surface area (Å²) in [5.74, 6) is 0.965. The number of aromatic nitrogens is 1. The van der Waals surface area contributed by atoms with E-state index in [1.165, 1.54) is 6.07 Å². The van der Waals surface area contributed by atoms with E-state index in [9.17, 15) is 13.6 Å². The van der Waals surface area contributed by atoms with Gasteiger partial charge in [-0.2, -0.15) is 0 Å². The molecule has 4 aromatic rings. The average Bonchev–Trinajstić information content (AvgIpc) is 3.17. The van der Waals surface area contributed by atoms with E-state index in [-0.39, 0.29) is 25.0 Å². The van der Waals surface area contributed by atoms with Gasteiger partial charge in [-0.3, -0.25) is 4.79 Å². The van der Waals surface area contributed by atoms with E-state index in [4.69, 9.17) is 11.2 Å². The maximum Gasteiger partial charge on any atom is 0.254 e. The molecule has 0 saturated carbocycles. The van der Waals surface area contributed by atoms with E-state index >= 15 is 0 Å². The lowest BCUT2D eigenvalue weighted by Gasteiger charge is -2.16. The number of fused-ring (bicyclic) bond motifs is 1. The lowest BCUT2D eigenvalue weighted by Crippen LogP contribution is -2.24. The predicted molar refractivity (Wildman–Crippen MR) is 133 cm³/mol. The number of nitrogens with zero attached hydrogens (tertiary/aromatic N) is 1. The zero-order valence-corrected chi connectivity index (χ0v) is 19.6. The van der Waals surface area contributed by atoms with Gasteiger partial charge >= 0.3 is 0 Å². The van der Waals surface area contributed by atoms with Crippen molar-refractivity contribution in [2.45, 2.75) is 32.9 Å². The number of terminal acetylenes is 1. The number of rotatable bonds is 8. The number of hydrogen-bond acceptors (Lipinski definition) is 2. The van der Waals surface area contributed by atoms with Crippen molar-refractivity contribution in [3.63, 3.8) is 0 Å². The Kier molecular flexibility index (Phi) is 7.17. The number of hydrogen-bond donors (Lipinski definition) is 1. The van der Waals surface area contributed by atoms with Crippen molar-refractivity contribution in [2.24, 2.45) is 0 Å². The first-order chi connectivity index (χ1) is 16.9. The Hall–Kier alpha value is -4.11. The molecule has 35 heavy (non-hydrogen) atoms. The summed E-state index contributed by atoms with van der Waals surface area (Å²) >= 11 is 0. The second-order valence-corrected chi connectivity index (χ2v) is 8.59. The molecule has 4 rings (SSSR count). The minimum atomic E-state index is -0.946. The Balaban J connectivity index is 1.78. The van der Waals surface area contributed by atoms with Gasteiger partial charge in [0.1, 0.15) is 12.4 Å². The summed E-state index contributed by atoms with van der Waals surface area (Å²) in [4.78, 5) is 13.5. The second kappa shape index (κ2) is 10.4. The zero-order chi connectivity index (χ0) is 24.9. The highest BCUT2D eigenvalue weighted by atomic mass is 19.2. The third kappa shape index (κ3) is 5.20. The molecule has 3 aromatic carbocycles. The Labute approximate surface area is 203 Å². The van der Waals surface area contributed by atoms with Crippen molar-refractivity contribution in [2.75, 3.05) is 6.61 Å². The third-order valence-electron chi connectivity index (χ3n) is 5.79. The molecule has 0 bridgehead atoms. The van der Waals surface area contributed by atoms with Crippen LogP contribution in [0.15, 0.2) is 66.7 Å². The van der Waals surface area contributed by atoms with Crippen molar-refractivity contribution >= 4 is 16.8 Å². The topological polar surface area (TPSA) is 43.3 Å². The van der Waals surface area contributed by atoms with Gasteiger partial charge < -0.3 is 14.6 Å². The fraction of sp³-hybridized carbons (Fsp3) is 0.207. The van der Waals surface area contributed by atoms with E-state index in [0.717, 1.165) is 34.3 Å². The van der Waals surface area contributed by atoms with E-state index in [1.54, 1.807) is 6.07 Å². The van der Waals surface area contributed by atoms with Gasteiger partial charge in [0.05, 0.1) is 11.1 Å². The molecule has 0 unspecified atom stereocenters. The average molecular weight is 473 g/mol. The summed E-state index contributed by atoms with van der Waals surface area (Å²) in [5, 5.41) is 3.65. The largest absolute Gasteiger partial charge is 0.481 e. The Morgan fingerprint density at radius 2 is 1.80 bits per heavy atom. The van der Waals surface area contributed by atoms with E-state index < -0.39 is 11.6 Å². The van der Waals surface area contributed by atoms with E-state index in [0.29, 0.717) is 23.4 Å². The predicted octanol–water partition coefficient (Wildman–Crippen LogP) is 6.03. The van der Waals surface area contributed by atoms with Crippen molar-refractivity contribution in [3.05, 3.63) is 101 Å². The van der Waals surface area contributed by atoms with E-state index in [2.05, 4.69) is 15.8 Å². The molecule has 0 aliphatic carbocycles. The molecule has 4 nitrogen and oxygen atoms in total. The molecule has 0 saturated heterocycles. The molecule has 178 valence electrons. The number of amides is 1. The van der Waals surface area contributed by atoms with Gasteiger partial charge in [0.2, 0.25) is 0 Å². The van der Waals surface area contributed by atoms with Crippen LogP contribution in [0.25, 0.3) is 10.9 Å². The summed E-state index contributed by atoms with van der Waals surface area (Å²) in [5.41, 5.74) is 3.85. The van der Waals surface area contributed by atoms with Crippen LogP contribution in [0.2, 0.25) is 0 Å². The van der Waals surface area contributed by atoms with Crippen molar-refractivity contribution in [1.29, 1.82) is 0 Å². The first kappa shape index (κ1) is 24.0. The molecule has 0 fully saturated rings. The van der Waals surface area contributed by atoms with Gasteiger partial charge in [-0.25, -0.2) is 8.78 Å². The van der Waals surface area contributed by atoms with Gasteiger partial charge in [0.15, 0.2) is 11.6 Å². The van der Waals surface area contributed by atoms with Crippen LogP contribution in [-0.2, 0) is 13.1 Å². The highest BCUT2D eigenvalue weighted by Gasteiger charge is 2.25. The summed E-state index contributed by atoms with van der Waals surface area (Å²) in [7, 11) is 0. The van der Waals surface area contributed by atoms with Crippen LogP contribution in [0.5, 0.6) is 5.75 Å². The number of nitrogens with one attached hydrogen (secondary N) is 1. The fourth-order valence-corrected chi connectivity index (χ4v) is 4.26. The van der Waals surface area contributed by atoms with Gasteiger partial charge in [0.25, 0.3) is 5.91 Å². The van der Waals surface area contributed by atoms with Crippen LogP contribution < -0.4 is 10.1 Å². The number of ether oxygens (including phenoxy) is 1. The van der Waals surface area contributed by atoms with Crippen LogP contribution in [0.4, 0.5) is 8.78 Å². The lowest BCUT2D eigenvalue weighted by atomic mass is 10.0. The Morgan fingerprint density at radius 3 is 2.49 bits per heavy atom. The van der Waals surface area contributed by atoms with Gasteiger partial charge in [0, 0.05) is 30.2 Å². The normalized spacial score (nSPS) is 11.0. The zero-order valence-electron chi connectivity index (χ0n) is 19.6. The number of halogens is 2. The fourth-order valence-electron chi connectivity index (χ4n) is 4.26. The molecule has 0 atom stereocenters. The Morgan fingerprint density at radius 1 is 1.03 bits per heavy atom. The van der Waals surface area contributed by atoms with Crippen LogP contribution >= 0.6 is 0 Å². The summed E-state index contributed by atoms with van der Waals surface area (Å²) < 4.78 is 34.7. The van der Waals surface area contributed by atoms with Crippen LogP contribution in [-0.4, -0.2) is 17.1 Å². The van der Waals surface area contributed by atoms with Gasteiger partial charge in [-0.1, -0.05) is 56.2 Å². The van der Waals surface area contributed by atoms with Crippen LogP contribution in [0, 0.1) is 24.0 Å². The molecule has 0 radical (unpaired) electrons. The van der Waals surface area contributed by atoms with E-state index in [1.807, 2.05) is 56.3 Å². The first-order valence-corrected chi connectivity index (χ1v) is 11.4. The first-order valence-electron chi connectivity index (χ1n) is 11.4.